The minimum atomic E-state index is -0.833. The van der Waals surface area contributed by atoms with E-state index in [0.29, 0.717) is 0 Å². The zero-order valence-corrected chi connectivity index (χ0v) is 4.83. The van der Waals surface area contributed by atoms with Gasteiger partial charge in [-0.3, -0.25) is 0 Å². The summed E-state index contributed by atoms with van der Waals surface area (Å²) in [5, 5.41) is 0. The fraction of sp³-hybridized carbons (Fsp3) is 0. The first-order chi connectivity index (χ1) is 4.84. The van der Waals surface area contributed by atoms with Crippen LogP contribution in [0.25, 0.3) is 0 Å². The predicted molar refractivity (Wildman–Crippen MR) is 29.7 cm³/mol. The normalized spacial score (nSPS) is 8.80. The second-order valence-corrected chi connectivity index (χ2v) is 1.41. The highest BCUT2D eigenvalue weighted by molar-refractivity contribution is 5.89. The molecule has 1 radical (unpaired) electrons. The summed E-state index contributed by atoms with van der Waals surface area (Å²) < 4.78 is 3.85. The van der Waals surface area contributed by atoms with Crippen molar-refractivity contribution in [3.05, 3.63) is 18.2 Å². The van der Waals surface area contributed by atoms with E-state index in [9.17, 15) is 9.59 Å². The molecule has 0 aliphatic heterocycles. The third-order valence-corrected chi connectivity index (χ3v) is 0.826. The number of aromatic amines is 1. The van der Waals surface area contributed by atoms with Gasteiger partial charge >= 0.3 is 12.4 Å². The zero-order valence-electron chi connectivity index (χ0n) is 4.83. The molecule has 0 atom stereocenters. The van der Waals surface area contributed by atoms with Crippen LogP contribution in [0.4, 0.5) is 0 Å². The van der Waals surface area contributed by atoms with Crippen LogP contribution in [-0.4, -0.2) is 22.4 Å². The Hall–Kier alpha value is -1.65. The third-order valence-electron chi connectivity index (χ3n) is 0.826. The number of rotatable bonds is 2. The molecule has 0 aliphatic carbocycles. The van der Waals surface area contributed by atoms with E-state index in [0.717, 1.165) is 6.47 Å². The molecule has 0 amide bonds. The van der Waals surface area contributed by atoms with Crippen molar-refractivity contribution in [3.63, 3.8) is 0 Å². The first-order valence-electron chi connectivity index (χ1n) is 2.42. The summed E-state index contributed by atoms with van der Waals surface area (Å²) >= 11 is 0. The van der Waals surface area contributed by atoms with Crippen molar-refractivity contribution in [3.8, 4) is 0 Å². The van der Waals surface area contributed by atoms with Gasteiger partial charge in [-0.2, -0.15) is 0 Å². The molecule has 0 spiro atoms. The summed E-state index contributed by atoms with van der Waals surface area (Å²) in [7, 11) is 0. The van der Waals surface area contributed by atoms with E-state index >= 15 is 0 Å². The molecule has 0 bridgehead atoms. The number of H-pyrrole nitrogens is 1. The van der Waals surface area contributed by atoms with E-state index in [1.165, 1.54) is 12.4 Å². The standard InChI is InChI=1S/C5H3N2O3/c8-3-10-5(9)4-6-1-2-7-4/h1-2H,(H,6,7). The van der Waals surface area contributed by atoms with Crippen LogP contribution in [0, 0.1) is 0 Å². The summed E-state index contributed by atoms with van der Waals surface area (Å²) in [6.07, 6.45) is 2.82. The topological polar surface area (TPSA) is 72.1 Å². The molecular weight excluding hydrogens is 136 g/mol. The van der Waals surface area contributed by atoms with Gasteiger partial charge in [-0.1, -0.05) is 0 Å². The van der Waals surface area contributed by atoms with E-state index in [1.807, 2.05) is 0 Å². The average molecular weight is 139 g/mol. The molecular formula is C5H3N2O3. The molecule has 0 aromatic carbocycles. The van der Waals surface area contributed by atoms with Crippen LogP contribution < -0.4 is 0 Å². The van der Waals surface area contributed by atoms with Crippen molar-refractivity contribution in [2.24, 2.45) is 0 Å². The monoisotopic (exact) mass is 139 g/mol. The van der Waals surface area contributed by atoms with E-state index in [1.54, 1.807) is 0 Å². The van der Waals surface area contributed by atoms with Gasteiger partial charge in [0.05, 0.1) is 0 Å². The number of carbonyl (C=O) groups is 1. The van der Waals surface area contributed by atoms with Gasteiger partial charge in [0.2, 0.25) is 5.82 Å². The molecule has 0 saturated carbocycles. The number of aromatic nitrogens is 2. The van der Waals surface area contributed by atoms with E-state index in [-0.39, 0.29) is 5.82 Å². The Bertz CT molecular complexity index is 229. The van der Waals surface area contributed by atoms with E-state index < -0.39 is 5.97 Å². The van der Waals surface area contributed by atoms with Crippen molar-refractivity contribution in [2.75, 3.05) is 0 Å². The fourth-order valence-electron chi connectivity index (χ4n) is 0.463. The van der Waals surface area contributed by atoms with Crippen molar-refractivity contribution >= 4 is 12.4 Å². The Morgan fingerprint density at radius 2 is 2.60 bits per heavy atom. The molecule has 0 aliphatic rings. The molecule has 1 aromatic rings. The number of nitrogens with one attached hydrogen (secondary N) is 1. The van der Waals surface area contributed by atoms with Crippen LogP contribution in [0.1, 0.15) is 10.6 Å². The molecule has 0 saturated heterocycles. The van der Waals surface area contributed by atoms with Gasteiger partial charge in [0, 0.05) is 12.4 Å². The van der Waals surface area contributed by atoms with Crippen molar-refractivity contribution in [1.29, 1.82) is 0 Å². The summed E-state index contributed by atoms with van der Waals surface area (Å²) in [5.41, 5.74) is 0. The van der Waals surface area contributed by atoms with Crippen LogP contribution in [0.5, 0.6) is 0 Å². The lowest BCUT2D eigenvalue weighted by atomic mass is 10.6. The smallest absolute Gasteiger partial charge is 0.378 e. The lowest BCUT2D eigenvalue weighted by Crippen LogP contribution is -2.04. The van der Waals surface area contributed by atoms with Crippen LogP contribution in [0.15, 0.2) is 12.4 Å². The quantitative estimate of drug-likeness (QED) is 0.448. The second kappa shape index (κ2) is 2.77. The van der Waals surface area contributed by atoms with Gasteiger partial charge in [-0.25, -0.2) is 14.6 Å². The van der Waals surface area contributed by atoms with Crippen LogP contribution in [-0.2, 0) is 9.53 Å². The zero-order chi connectivity index (χ0) is 7.40. The molecule has 1 rings (SSSR count). The van der Waals surface area contributed by atoms with E-state index in [4.69, 9.17) is 0 Å². The van der Waals surface area contributed by atoms with Gasteiger partial charge in [-0.15, -0.1) is 0 Å². The van der Waals surface area contributed by atoms with Gasteiger partial charge in [0.25, 0.3) is 0 Å². The highest BCUT2D eigenvalue weighted by Gasteiger charge is 2.07. The Morgan fingerprint density at radius 1 is 1.80 bits per heavy atom. The van der Waals surface area contributed by atoms with Gasteiger partial charge in [0.1, 0.15) is 0 Å². The van der Waals surface area contributed by atoms with Gasteiger partial charge in [0.15, 0.2) is 0 Å². The number of imidazole rings is 1. The minimum absolute atomic E-state index is 0.0108. The molecule has 1 N–H and O–H groups in total. The number of esters is 1. The largest absolute Gasteiger partial charge is 0.425 e. The fourth-order valence-corrected chi connectivity index (χ4v) is 0.463. The minimum Gasteiger partial charge on any atom is -0.378 e. The Morgan fingerprint density at radius 3 is 3.10 bits per heavy atom. The van der Waals surface area contributed by atoms with Gasteiger partial charge in [-0.05, 0) is 0 Å². The summed E-state index contributed by atoms with van der Waals surface area (Å²) in [6, 6.07) is 0. The maximum Gasteiger partial charge on any atom is 0.425 e. The number of hydrogen-bond acceptors (Lipinski definition) is 4. The number of hydrogen-bond donors (Lipinski definition) is 1. The lowest BCUT2D eigenvalue weighted by Gasteiger charge is -1.87. The van der Waals surface area contributed by atoms with E-state index in [2.05, 4.69) is 14.7 Å². The number of ether oxygens (including phenoxy) is 1. The molecule has 1 heterocycles. The lowest BCUT2D eigenvalue weighted by molar-refractivity contribution is 0.0698. The number of carbonyl (C=O) groups excluding carboxylic acids is 2. The highest BCUT2D eigenvalue weighted by Crippen LogP contribution is 1.89. The molecule has 51 valence electrons. The molecule has 5 heteroatoms. The van der Waals surface area contributed by atoms with Crippen LogP contribution in [0.2, 0.25) is 0 Å². The second-order valence-electron chi connectivity index (χ2n) is 1.41. The first-order valence-corrected chi connectivity index (χ1v) is 2.42. The van der Waals surface area contributed by atoms with Gasteiger partial charge < -0.3 is 9.72 Å². The maximum absolute atomic E-state index is 10.5. The Balaban J connectivity index is 2.68. The average Bonchev–Trinajstić information content (AvgIpc) is 2.38. The number of nitrogens with zero attached hydrogens (tertiary/aromatic N) is 1. The predicted octanol–water partition coefficient (Wildman–Crippen LogP) is -0.366. The highest BCUT2D eigenvalue weighted by atomic mass is 16.6. The van der Waals surface area contributed by atoms with Crippen LogP contribution in [0.3, 0.4) is 0 Å². The molecule has 1 aromatic heterocycles. The molecule has 0 fully saturated rings. The van der Waals surface area contributed by atoms with Crippen molar-refractivity contribution in [2.45, 2.75) is 0 Å². The Labute approximate surface area is 56.0 Å². The van der Waals surface area contributed by atoms with Crippen molar-refractivity contribution in [1.82, 2.24) is 9.97 Å². The SMILES string of the molecule is O=[C]OC(=O)c1ncc[nH]1. The molecule has 5 nitrogen and oxygen atoms in total. The van der Waals surface area contributed by atoms with Crippen molar-refractivity contribution < 1.29 is 14.3 Å². The van der Waals surface area contributed by atoms with Crippen LogP contribution >= 0.6 is 0 Å². The third kappa shape index (κ3) is 1.19. The first kappa shape index (κ1) is 6.47. The molecule has 10 heavy (non-hydrogen) atoms. The summed E-state index contributed by atoms with van der Waals surface area (Å²) in [4.78, 5) is 26.0. The Kier molecular flexibility index (Phi) is 1.79. The summed E-state index contributed by atoms with van der Waals surface area (Å²) in [5.74, 6) is -0.844. The summed E-state index contributed by atoms with van der Waals surface area (Å²) in [6.45, 7) is 0.996. The molecule has 0 unspecified atom stereocenters. The maximum atomic E-state index is 10.5.